The van der Waals surface area contributed by atoms with Crippen LogP contribution in [0, 0.1) is 0 Å². The van der Waals surface area contributed by atoms with Crippen LogP contribution >= 0.6 is 0 Å². The van der Waals surface area contributed by atoms with Crippen molar-refractivity contribution in [3.05, 3.63) is 53.9 Å². The van der Waals surface area contributed by atoms with Gasteiger partial charge in [0.05, 0.1) is 17.3 Å². The molecule has 0 unspecified atom stereocenters. The summed E-state index contributed by atoms with van der Waals surface area (Å²) in [6.07, 6.45) is 1.72. The van der Waals surface area contributed by atoms with Crippen molar-refractivity contribution in [3.63, 3.8) is 0 Å². The molecule has 0 atom stereocenters. The first kappa shape index (κ1) is 21.5. The fourth-order valence-corrected chi connectivity index (χ4v) is 4.14. The number of halogens is 3. The third kappa shape index (κ3) is 4.39. The Bertz CT molecular complexity index is 976. The maximum Gasteiger partial charge on any atom is 0.501 e. The van der Waals surface area contributed by atoms with Crippen molar-refractivity contribution in [2.24, 2.45) is 5.73 Å². The summed E-state index contributed by atoms with van der Waals surface area (Å²) in [6, 6.07) is 8.72. The van der Waals surface area contributed by atoms with E-state index in [9.17, 15) is 21.6 Å². The van der Waals surface area contributed by atoms with Gasteiger partial charge in [-0.2, -0.15) is 13.2 Å². The third-order valence-corrected chi connectivity index (χ3v) is 6.56. The SMILES string of the molecule is CC1(C)CN(c2ccc(S(=O)(=O)C(F)(F)F)cc2)CN1Cc1ccnc(CN)c1. The lowest BCUT2D eigenvalue weighted by Crippen LogP contribution is -2.39. The van der Waals surface area contributed by atoms with Crippen molar-refractivity contribution >= 4 is 15.5 Å². The summed E-state index contributed by atoms with van der Waals surface area (Å²) < 4.78 is 61.2. The van der Waals surface area contributed by atoms with Gasteiger partial charge in [0, 0.05) is 37.1 Å². The quantitative estimate of drug-likeness (QED) is 0.789. The van der Waals surface area contributed by atoms with Crippen LogP contribution in [0.25, 0.3) is 0 Å². The van der Waals surface area contributed by atoms with E-state index in [1.54, 1.807) is 6.20 Å². The van der Waals surface area contributed by atoms with E-state index in [2.05, 4.69) is 23.7 Å². The van der Waals surface area contributed by atoms with Crippen LogP contribution in [0.1, 0.15) is 25.1 Å². The predicted molar refractivity (Wildman–Crippen MR) is 104 cm³/mol. The molecule has 10 heteroatoms. The smallest absolute Gasteiger partial charge is 0.357 e. The van der Waals surface area contributed by atoms with Crippen LogP contribution in [0.3, 0.4) is 0 Å². The molecule has 0 aliphatic carbocycles. The highest BCUT2D eigenvalue weighted by Gasteiger charge is 2.47. The molecule has 3 rings (SSSR count). The molecule has 29 heavy (non-hydrogen) atoms. The Morgan fingerprint density at radius 3 is 2.41 bits per heavy atom. The highest BCUT2D eigenvalue weighted by Crippen LogP contribution is 2.33. The van der Waals surface area contributed by atoms with Gasteiger partial charge in [-0.15, -0.1) is 0 Å². The molecular formula is C19H23F3N4O2S. The lowest BCUT2D eigenvalue weighted by molar-refractivity contribution is -0.0436. The van der Waals surface area contributed by atoms with Gasteiger partial charge in [-0.3, -0.25) is 9.88 Å². The molecule has 1 aromatic carbocycles. The summed E-state index contributed by atoms with van der Waals surface area (Å²) in [6.45, 7) is 6.39. The van der Waals surface area contributed by atoms with Crippen LogP contribution in [0.4, 0.5) is 18.9 Å². The fourth-order valence-electron chi connectivity index (χ4n) is 3.38. The molecule has 6 nitrogen and oxygen atoms in total. The van der Waals surface area contributed by atoms with Gasteiger partial charge >= 0.3 is 5.51 Å². The van der Waals surface area contributed by atoms with Crippen molar-refractivity contribution < 1.29 is 21.6 Å². The minimum absolute atomic E-state index is 0.192. The molecule has 1 aromatic heterocycles. The van der Waals surface area contributed by atoms with E-state index >= 15 is 0 Å². The lowest BCUT2D eigenvalue weighted by Gasteiger charge is -2.29. The van der Waals surface area contributed by atoms with Crippen molar-refractivity contribution in [2.45, 2.75) is 42.9 Å². The Balaban J connectivity index is 1.77. The number of anilines is 1. The van der Waals surface area contributed by atoms with E-state index in [4.69, 9.17) is 5.73 Å². The van der Waals surface area contributed by atoms with Gasteiger partial charge < -0.3 is 10.6 Å². The normalized spacial score (nSPS) is 17.7. The Morgan fingerprint density at radius 2 is 1.83 bits per heavy atom. The summed E-state index contributed by atoms with van der Waals surface area (Å²) in [5.74, 6) is 0. The summed E-state index contributed by atoms with van der Waals surface area (Å²) in [7, 11) is -5.34. The zero-order valence-electron chi connectivity index (χ0n) is 16.1. The van der Waals surface area contributed by atoms with E-state index in [-0.39, 0.29) is 5.54 Å². The standard InChI is InChI=1S/C19H23F3N4O2S/c1-18(2)12-25(13-26(18)11-14-7-8-24-15(9-14)10-23)16-3-5-17(6-4-16)29(27,28)19(20,21)22/h3-9H,10-13,23H2,1-2H3. The molecule has 1 fully saturated rings. The van der Waals surface area contributed by atoms with E-state index in [0.717, 1.165) is 23.4 Å². The molecule has 1 aliphatic heterocycles. The lowest BCUT2D eigenvalue weighted by atomic mass is 10.0. The van der Waals surface area contributed by atoms with Crippen LogP contribution in [0.2, 0.25) is 0 Å². The van der Waals surface area contributed by atoms with Gasteiger partial charge in [0.15, 0.2) is 0 Å². The van der Waals surface area contributed by atoms with Crippen LogP contribution in [0.5, 0.6) is 0 Å². The summed E-state index contributed by atoms with van der Waals surface area (Å²) in [4.78, 5) is 7.69. The molecule has 0 amide bonds. The number of nitrogens with two attached hydrogens (primary N) is 1. The molecule has 2 heterocycles. The monoisotopic (exact) mass is 428 g/mol. The zero-order valence-corrected chi connectivity index (χ0v) is 17.0. The Kier molecular flexibility index (Phi) is 5.63. The molecule has 1 aliphatic rings. The van der Waals surface area contributed by atoms with Gasteiger partial charge in [0.2, 0.25) is 0 Å². The van der Waals surface area contributed by atoms with Crippen molar-refractivity contribution in [1.82, 2.24) is 9.88 Å². The molecule has 0 radical (unpaired) electrons. The van der Waals surface area contributed by atoms with Gasteiger partial charge in [0.1, 0.15) is 0 Å². The first-order chi connectivity index (χ1) is 13.4. The molecule has 2 aromatic rings. The molecule has 0 saturated carbocycles. The molecule has 1 saturated heterocycles. The topological polar surface area (TPSA) is 79.5 Å². The number of sulfone groups is 1. The highest BCUT2D eigenvalue weighted by atomic mass is 32.2. The summed E-state index contributed by atoms with van der Waals surface area (Å²) in [5, 5.41) is 0. The minimum atomic E-state index is -5.34. The number of hydrogen-bond donors (Lipinski definition) is 1. The predicted octanol–water partition coefficient (Wildman–Crippen LogP) is 2.89. The number of rotatable bonds is 5. The van der Waals surface area contributed by atoms with Gasteiger partial charge in [-0.1, -0.05) is 0 Å². The van der Waals surface area contributed by atoms with Gasteiger partial charge in [-0.25, -0.2) is 8.42 Å². The van der Waals surface area contributed by atoms with Crippen LogP contribution in [0.15, 0.2) is 47.5 Å². The number of nitrogens with zero attached hydrogens (tertiary/aromatic N) is 3. The number of hydrogen-bond acceptors (Lipinski definition) is 6. The molecule has 0 bridgehead atoms. The molecule has 2 N–H and O–H groups in total. The average molecular weight is 428 g/mol. The minimum Gasteiger partial charge on any atom is -0.357 e. The third-order valence-electron chi connectivity index (χ3n) is 5.06. The second-order valence-electron chi connectivity index (χ2n) is 7.65. The van der Waals surface area contributed by atoms with E-state index in [1.165, 1.54) is 12.1 Å². The van der Waals surface area contributed by atoms with Gasteiger partial charge in [-0.05, 0) is 55.8 Å². The van der Waals surface area contributed by atoms with Crippen molar-refractivity contribution in [1.29, 1.82) is 0 Å². The maximum absolute atomic E-state index is 12.7. The Morgan fingerprint density at radius 1 is 1.17 bits per heavy atom. The van der Waals surface area contributed by atoms with E-state index < -0.39 is 20.2 Å². The first-order valence-corrected chi connectivity index (χ1v) is 10.5. The largest absolute Gasteiger partial charge is 0.501 e. The fraction of sp³-hybridized carbons (Fsp3) is 0.421. The van der Waals surface area contributed by atoms with E-state index in [1.807, 2.05) is 17.0 Å². The number of pyridine rings is 1. The molecule has 0 spiro atoms. The van der Waals surface area contributed by atoms with Crippen molar-refractivity contribution in [3.8, 4) is 0 Å². The van der Waals surface area contributed by atoms with Crippen LogP contribution in [-0.4, -0.2) is 42.6 Å². The van der Waals surface area contributed by atoms with Gasteiger partial charge in [0.25, 0.3) is 9.84 Å². The number of aromatic nitrogens is 1. The number of alkyl halides is 3. The van der Waals surface area contributed by atoms with Crippen LogP contribution in [-0.2, 0) is 22.9 Å². The summed E-state index contributed by atoms with van der Waals surface area (Å²) in [5.41, 5.74) is 2.69. The first-order valence-electron chi connectivity index (χ1n) is 8.99. The zero-order chi connectivity index (χ0) is 21.4. The summed E-state index contributed by atoms with van der Waals surface area (Å²) >= 11 is 0. The molecular weight excluding hydrogens is 405 g/mol. The average Bonchev–Trinajstić information content (AvgIpc) is 2.95. The van der Waals surface area contributed by atoms with Crippen LogP contribution < -0.4 is 10.6 Å². The Labute approximate surface area is 168 Å². The van der Waals surface area contributed by atoms with Crippen molar-refractivity contribution in [2.75, 3.05) is 18.1 Å². The Hall–Kier alpha value is -2.17. The molecule has 158 valence electrons. The maximum atomic E-state index is 12.7. The highest BCUT2D eigenvalue weighted by molar-refractivity contribution is 7.92. The number of benzene rings is 1. The van der Waals surface area contributed by atoms with E-state index in [0.29, 0.717) is 32.0 Å². The second-order valence-corrected chi connectivity index (χ2v) is 9.59. The second kappa shape index (κ2) is 7.58.